The van der Waals surface area contributed by atoms with Crippen LogP contribution in [0.5, 0.6) is 0 Å². The molecule has 1 aromatic heterocycles. The molecule has 2 aliphatic carbocycles. The average molecular weight is 275 g/mol. The number of nitrogens with zero attached hydrogens (tertiary/aromatic N) is 1. The van der Waals surface area contributed by atoms with E-state index in [-0.39, 0.29) is 0 Å². The van der Waals surface area contributed by atoms with E-state index in [0.717, 1.165) is 6.42 Å². The van der Waals surface area contributed by atoms with Crippen LogP contribution in [0.3, 0.4) is 0 Å². The Labute approximate surface area is 127 Å². The molecule has 0 N–H and O–H groups in total. The normalized spacial score (nSPS) is 11.2. The molecular formula is C20H21N. The van der Waals surface area contributed by atoms with Crippen LogP contribution in [0, 0.1) is 6.92 Å². The zero-order chi connectivity index (χ0) is 14.8. The summed E-state index contributed by atoms with van der Waals surface area (Å²) in [7, 11) is 0. The summed E-state index contributed by atoms with van der Waals surface area (Å²) >= 11 is 0. The molecule has 2 aliphatic rings. The van der Waals surface area contributed by atoms with Crippen LogP contribution in [0.25, 0.3) is 11.1 Å². The summed E-state index contributed by atoms with van der Waals surface area (Å²) < 4.78 is 0. The van der Waals surface area contributed by atoms with Crippen LogP contribution < -0.4 is 0 Å². The van der Waals surface area contributed by atoms with Gasteiger partial charge in [-0.2, -0.15) is 0 Å². The standard InChI is InChI=1S/C20H21N/c1-14(2)17-7-8-18(11-16-5-4-10-21-13-16)19-9-6-15(3)20(19)12-17/h4-10,12-14H,11H2,1-3H3. The van der Waals surface area contributed by atoms with E-state index < -0.39 is 0 Å². The Hall–Kier alpha value is -2.15. The predicted molar refractivity (Wildman–Crippen MR) is 88.9 cm³/mol. The Balaban J connectivity index is 2.10. The maximum absolute atomic E-state index is 4.23. The maximum Gasteiger partial charge on any atom is 0.0303 e. The van der Waals surface area contributed by atoms with E-state index in [1.165, 1.54) is 33.4 Å². The summed E-state index contributed by atoms with van der Waals surface area (Å²) in [5.74, 6) is 0.543. The molecule has 1 heteroatoms. The maximum atomic E-state index is 4.23. The highest BCUT2D eigenvalue weighted by atomic mass is 14.6. The van der Waals surface area contributed by atoms with Crippen molar-refractivity contribution in [2.75, 3.05) is 0 Å². The van der Waals surface area contributed by atoms with E-state index in [2.05, 4.69) is 62.2 Å². The van der Waals surface area contributed by atoms with Gasteiger partial charge in [-0.25, -0.2) is 0 Å². The molecule has 0 saturated carbocycles. The number of pyridine rings is 1. The largest absolute Gasteiger partial charge is 0.264 e. The third-order valence-electron chi connectivity index (χ3n) is 4.13. The SMILES string of the molecule is Cc1ccc2c(Cc3cccnc3)ccc(C(C)C)cc1-2. The fourth-order valence-corrected chi connectivity index (χ4v) is 2.81. The van der Waals surface area contributed by atoms with E-state index in [9.17, 15) is 0 Å². The van der Waals surface area contributed by atoms with Crippen LogP contribution in [0.15, 0.2) is 54.9 Å². The van der Waals surface area contributed by atoms with Gasteiger partial charge in [0.25, 0.3) is 0 Å². The highest BCUT2D eigenvalue weighted by molar-refractivity contribution is 5.74. The number of rotatable bonds is 3. The summed E-state index contributed by atoms with van der Waals surface area (Å²) in [5.41, 5.74) is 8.13. The van der Waals surface area contributed by atoms with Crippen molar-refractivity contribution in [2.45, 2.75) is 33.1 Å². The van der Waals surface area contributed by atoms with Crippen LogP contribution >= 0.6 is 0 Å². The summed E-state index contributed by atoms with van der Waals surface area (Å²) in [6.07, 6.45) is 4.71. The van der Waals surface area contributed by atoms with Crippen LogP contribution in [-0.4, -0.2) is 4.98 Å². The van der Waals surface area contributed by atoms with Gasteiger partial charge in [-0.1, -0.05) is 50.2 Å². The van der Waals surface area contributed by atoms with Crippen molar-refractivity contribution in [1.29, 1.82) is 0 Å². The molecule has 0 saturated heterocycles. The molecular weight excluding hydrogens is 254 g/mol. The van der Waals surface area contributed by atoms with Gasteiger partial charge in [-0.15, -0.1) is 0 Å². The number of aryl methyl sites for hydroxylation is 1. The first kappa shape index (κ1) is 13.8. The number of fused-ring (bicyclic) bond motifs is 1. The second-order valence-electron chi connectivity index (χ2n) is 6.04. The lowest BCUT2D eigenvalue weighted by molar-refractivity contribution is 0.868. The minimum absolute atomic E-state index is 0.543. The number of hydrogen-bond acceptors (Lipinski definition) is 1. The highest BCUT2D eigenvalue weighted by Crippen LogP contribution is 2.33. The first-order valence-electron chi connectivity index (χ1n) is 7.56. The summed E-state index contributed by atoms with van der Waals surface area (Å²) in [6, 6.07) is 15.5. The van der Waals surface area contributed by atoms with Crippen LogP contribution in [0.4, 0.5) is 0 Å². The lowest BCUT2D eigenvalue weighted by Crippen LogP contribution is -1.89. The van der Waals surface area contributed by atoms with Crippen LogP contribution in [0.1, 0.15) is 42.0 Å². The Morgan fingerprint density at radius 2 is 1.86 bits per heavy atom. The number of hydrogen-bond donors (Lipinski definition) is 0. The Morgan fingerprint density at radius 3 is 2.57 bits per heavy atom. The predicted octanol–water partition coefficient (Wildman–Crippen LogP) is 5.21. The molecule has 1 heterocycles. The molecule has 3 rings (SSSR count). The molecule has 106 valence electrons. The van der Waals surface area contributed by atoms with Gasteiger partial charge in [-0.3, -0.25) is 4.98 Å². The Kier molecular flexibility index (Phi) is 3.74. The molecule has 1 nitrogen and oxygen atoms in total. The average Bonchev–Trinajstić information content (AvgIpc) is 2.73. The Bertz CT molecular complexity index is 713. The molecule has 0 atom stereocenters. The topological polar surface area (TPSA) is 12.9 Å². The van der Waals surface area contributed by atoms with E-state index in [1.807, 2.05) is 18.5 Å². The minimum atomic E-state index is 0.543. The fraction of sp³-hybridized carbons (Fsp3) is 0.250. The van der Waals surface area contributed by atoms with Crippen molar-refractivity contribution in [2.24, 2.45) is 0 Å². The monoisotopic (exact) mass is 275 g/mol. The number of aromatic nitrogens is 1. The zero-order valence-corrected chi connectivity index (χ0v) is 12.9. The van der Waals surface area contributed by atoms with E-state index >= 15 is 0 Å². The third kappa shape index (κ3) is 2.82. The molecule has 0 bridgehead atoms. The van der Waals surface area contributed by atoms with Gasteiger partial charge in [0.05, 0.1) is 0 Å². The molecule has 0 aliphatic heterocycles. The first-order valence-corrected chi connectivity index (χ1v) is 7.56. The molecule has 0 amide bonds. The van der Waals surface area contributed by atoms with Gasteiger partial charge in [0, 0.05) is 12.4 Å². The smallest absolute Gasteiger partial charge is 0.0303 e. The van der Waals surface area contributed by atoms with Gasteiger partial charge in [0.2, 0.25) is 0 Å². The zero-order valence-electron chi connectivity index (χ0n) is 12.9. The van der Waals surface area contributed by atoms with Crippen LogP contribution in [0.2, 0.25) is 0 Å². The molecule has 0 aromatic carbocycles. The van der Waals surface area contributed by atoms with Crippen molar-refractivity contribution in [1.82, 2.24) is 4.98 Å². The van der Waals surface area contributed by atoms with Crippen molar-refractivity contribution >= 4 is 0 Å². The highest BCUT2D eigenvalue weighted by Gasteiger charge is 2.12. The van der Waals surface area contributed by atoms with Gasteiger partial charge in [0.1, 0.15) is 0 Å². The van der Waals surface area contributed by atoms with Gasteiger partial charge in [-0.05, 0) is 58.7 Å². The molecule has 21 heavy (non-hydrogen) atoms. The molecule has 1 aromatic rings. The van der Waals surface area contributed by atoms with Gasteiger partial charge >= 0.3 is 0 Å². The van der Waals surface area contributed by atoms with E-state index in [4.69, 9.17) is 0 Å². The fourth-order valence-electron chi connectivity index (χ4n) is 2.81. The minimum Gasteiger partial charge on any atom is -0.264 e. The van der Waals surface area contributed by atoms with Crippen molar-refractivity contribution < 1.29 is 0 Å². The van der Waals surface area contributed by atoms with Crippen LogP contribution in [-0.2, 0) is 6.42 Å². The first-order chi connectivity index (χ1) is 10.1. The lowest BCUT2D eigenvalue weighted by Gasteiger charge is -2.05. The van der Waals surface area contributed by atoms with Crippen molar-refractivity contribution in [3.05, 3.63) is 77.1 Å². The second-order valence-corrected chi connectivity index (χ2v) is 6.04. The van der Waals surface area contributed by atoms with Gasteiger partial charge in [0.15, 0.2) is 0 Å². The summed E-state index contributed by atoms with van der Waals surface area (Å²) in [4.78, 5) is 4.23. The lowest BCUT2D eigenvalue weighted by atomic mass is 9.99. The Morgan fingerprint density at radius 1 is 1.00 bits per heavy atom. The van der Waals surface area contributed by atoms with Gasteiger partial charge < -0.3 is 0 Å². The van der Waals surface area contributed by atoms with E-state index in [0.29, 0.717) is 5.92 Å². The molecule has 0 radical (unpaired) electrons. The van der Waals surface area contributed by atoms with E-state index in [1.54, 1.807) is 0 Å². The summed E-state index contributed by atoms with van der Waals surface area (Å²) in [5, 5.41) is 0. The van der Waals surface area contributed by atoms with Crippen molar-refractivity contribution in [3.63, 3.8) is 0 Å². The van der Waals surface area contributed by atoms with Crippen molar-refractivity contribution in [3.8, 4) is 11.1 Å². The molecule has 0 fully saturated rings. The molecule has 0 spiro atoms. The quantitative estimate of drug-likeness (QED) is 0.639. The third-order valence-corrected chi connectivity index (χ3v) is 4.13. The summed E-state index contributed by atoms with van der Waals surface area (Å²) in [6.45, 7) is 6.70. The molecule has 0 unspecified atom stereocenters. The second kappa shape index (κ2) is 5.69.